The molecule has 1 unspecified atom stereocenters. The van der Waals surface area contributed by atoms with Crippen molar-refractivity contribution in [3.8, 4) is 0 Å². The second-order valence-electron chi connectivity index (χ2n) is 7.83. The lowest BCUT2D eigenvalue weighted by atomic mass is 10.1. The van der Waals surface area contributed by atoms with Gasteiger partial charge in [0.1, 0.15) is 12.6 Å². The van der Waals surface area contributed by atoms with Crippen molar-refractivity contribution in [2.24, 2.45) is 0 Å². The molecule has 180 valence electrons. The van der Waals surface area contributed by atoms with Crippen LogP contribution in [-0.2, 0) is 26.2 Å². The summed E-state index contributed by atoms with van der Waals surface area (Å²) in [5.41, 5.74) is 2.74. The third-order valence-corrected chi connectivity index (χ3v) is 7.21. The Bertz CT molecular complexity index is 1120. The van der Waals surface area contributed by atoms with Crippen LogP contribution < -0.4 is 9.62 Å². The second-order valence-corrected chi connectivity index (χ2v) is 10.6. The van der Waals surface area contributed by atoms with Crippen LogP contribution >= 0.6 is 23.2 Å². The molecule has 0 aromatic heterocycles. The smallest absolute Gasteiger partial charge is 0.244 e. The van der Waals surface area contributed by atoms with Crippen LogP contribution in [-0.4, -0.2) is 50.5 Å². The summed E-state index contributed by atoms with van der Waals surface area (Å²) in [7, 11) is -3.79. The summed E-state index contributed by atoms with van der Waals surface area (Å²) in [5.74, 6) is -0.931. The van der Waals surface area contributed by atoms with Crippen LogP contribution in [0.4, 0.5) is 5.69 Å². The maximum Gasteiger partial charge on any atom is 0.244 e. The molecule has 2 amide bonds. The predicted molar refractivity (Wildman–Crippen MR) is 133 cm³/mol. The molecule has 2 aromatic rings. The summed E-state index contributed by atoms with van der Waals surface area (Å²) < 4.78 is 26.2. The zero-order chi connectivity index (χ0) is 24.9. The fourth-order valence-corrected chi connectivity index (χ4v) is 4.61. The first-order valence-corrected chi connectivity index (χ1v) is 13.0. The Balaban J connectivity index is 2.46. The number of likely N-dealkylation sites (N-methyl/N-ethyl adjacent to an activating group) is 1. The lowest BCUT2D eigenvalue weighted by Crippen LogP contribution is -2.51. The fourth-order valence-electron chi connectivity index (χ4n) is 3.25. The van der Waals surface area contributed by atoms with Crippen LogP contribution in [0.15, 0.2) is 36.4 Å². The van der Waals surface area contributed by atoms with Gasteiger partial charge in [-0.25, -0.2) is 8.42 Å². The van der Waals surface area contributed by atoms with Gasteiger partial charge in [-0.15, -0.1) is 0 Å². The zero-order valence-electron chi connectivity index (χ0n) is 19.4. The highest BCUT2D eigenvalue weighted by molar-refractivity contribution is 7.92. The first-order chi connectivity index (χ1) is 15.4. The largest absolute Gasteiger partial charge is 0.355 e. The van der Waals surface area contributed by atoms with Gasteiger partial charge in [0.25, 0.3) is 0 Å². The number of nitrogens with zero attached hydrogens (tertiary/aromatic N) is 2. The number of hydrogen-bond acceptors (Lipinski definition) is 4. The van der Waals surface area contributed by atoms with Crippen molar-refractivity contribution in [1.29, 1.82) is 0 Å². The van der Waals surface area contributed by atoms with Crippen LogP contribution in [0.25, 0.3) is 0 Å². The molecule has 2 aromatic carbocycles. The number of hydrogen-bond donors (Lipinski definition) is 1. The molecule has 0 saturated carbocycles. The van der Waals surface area contributed by atoms with Gasteiger partial charge in [-0.05, 0) is 63.1 Å². The minimum Gasteiger partial charge on any atom is -0.355 e. The standard InChI is InChI=1S/C23H29Cl2N3O4S/c1-6-26-23(30)17(4)27(13-19-20(24)8-7-9-21(19)25)22(29)14-28(33(5,31)32)18-11-10-15(2)16(3)12-18/h7-12,17H,6,13-14H2,1-5H3,(H,26,30). The summed E-state index contributed by atoms with van der Waals surface area (Å²) in [6.45, 7) is 6.98. The van der Waals surface area contributed by atoms with Crippen LogP contribution in [0.1, 0.15) is 30.5 Å². The molecular weight excluding hydrogens is 485 g/mol. The summed E-state index contributed by atoms with van der Waals surface area (Å²) >= 11 is 12.6. The number of amides is 2. The normalized spacial score (nSPS) is 12.2. The lowest BCUT2D eigenvalue weighted by Gasteiger charge is -2.32. The van der Waals surface area contributed by atoms with Gasteiger partial charge < -0.3 is 10.2 Å². The van der Waals surface area contributed by atoms with Gasteiger partial charge in [0.2, 0.25) is 21.8 Å². The van der Waals surface area contributed by atoms with Crippen molar-refractivity contribution in [2.75, 3.05) is 23.7 Å². The van der Waals surface area contributed by atoms with Crippen LogP contribution in [0.2, 0.25) is 10.0 Å². The maximum absolute atomic E-state index is 13.5. The Morgan fingerprint density at radius 3 is 2.18 bits per heavy atom. The van der Waals surface area contributed by atoms with Gasteiger partial charge >= 0.3 is 0 Å². The van der Waals surface area contributed by atoms with Crippen LogP contribution in [0.5, 0.6) is 0 Å². The zero-order valence-corrected chi connectivity index (χ0v) is 21.7. The van der Waals surface area contributed by atoms with Crippen LogP contribution in [0.3, 0.4) is 0 Å². The molecule has 2 rings (SSSR count). The minimum absolute atomic E-state index is 0.0554. The fraction of sp³-hybridized carbons (Fsp3) is 0.391. The van der Waals surface area contributed by atoms with Gasteiger partial charge in [-0.1, -0.05) is 35.3 Å². The molecule has 0 saturated heterocycles. The van der Waals surface area contributed by atoms with E-state index in [2.05, 4.69) is 5.32 Å². The third kappa shape index (κ3) is 6.85. The summed E-state index contributed by atoms with van der Waals surface area (Å²) in [6, 6.07) is 9.24. The minimum atomic E-state index is -3.79. The molecule has 1 N–H and O–H groups in total. The van der Waals surface area contributed by atoms with E-state index in [-0.39, 0.29) is 12.5 Å². The van der Waals surface area contributed by atoms with E-state index in [1.165, 1.54) is 4.90 Å². The molecule has 0 spiro atoms. The number of halogens is 2. The lowest BCUT2D eigenvalue weighted by molar-refractivity contribution is -0.139. The molecule has 0 fully saturated rings. The molecule has 10 heteroatoms. The number of nitrogens with one attached hydrogen (secondary N) is 1. The van der Waals surface area contributed by atoms with E-state index >= 15 is 0 Å². The SMILES string of the molecule is CCNC(=O)C(C)N(Cc1c(Cl)cccc1Cl)C(=O)CN(c1ccc(C)c(C)c1)S(C)(=O)=O. The molecule has 0 heterocycles. The topological polar surface area (TPSA) is 86.8 Å². The van der Waals surface area contributed by atoms with Crippen molar-refractivity contribution in [3.63, 3.8) is 0 Å². The highest BCUT2D eigenvalue weighted by Crippen LogP contribution is 2.27. The van der Waals surface area contributed by atoms with Crippen molar-refractivity contribution in [3.05, 3.63) is 63.1 Å². The quantitative estimate of drug-likeness (QED) is 0.550. The number of carbonyl (C=O) groups is 2. The second kappa shape index (κ2) is 11.2. The van der Waals surface area contributed by atoms with Gasteiger partial charge in [0, 0.05) is 28.7 Å². The number of anilines is 1. The average molecular weight is 514 g/mol. The van der Waals surface area contributed by atoms with Gasteiger partial charge in [-0.2, -0.15) is 0 Å². The van der Waals surface area contributed by atoms with Gasteiger partial charge in [0.15, 0.2) is 0 Å². The number of rotatable bonds is 9. The third-order valence-electron chi connectivity index (χ3n) is 5.37. The van der Waals surface area contributed by atoms with Gasteiger partial charge in [0.05, 0.1) is 11.9 Å². The maximum atomic E-state index is 13.5. The molecule has 7 nitrogen and oxygen atoms in total. The average Bonchev–Trinajstić information content (AvgIpc) is 2.72. The van der Waals surface area contributed by atoms with Crippen LogP contribution in [0, 0.1) is 13.8 Å². The molecule has 0 aliphatic rings. The summed E-state index contributed by atoms with van der Waals surface area (Å²) in [4.78, 5) is 27.3. The highest BCUT2D eigenvalue weighted by atomic mass is 35.5. The molecule has 0 aliphatic carbocycles. The first kappa shape index (κ1) is 27.0. The highest BCUT2D eigenvalue weighted by Gasteiger charge is 2.30. The number of carbonyl (C=O) groups excluding carboxylic acids is 2. The molecule has 0 bridgehead atoms. The van der Waals surface area contributed by atoms with E-state index in [0.717, 1.165) is 21.7 Å². The molecular formula is C23H29Cl2N3O4S. The van der Waals surface area contributed by atoms with Crippen molar-refractivity contribution in [1.82, 2.24) is 10.2 Å². The molecule has 1 atom stereocenters. The van der Waals surface area contributed by atoms with E-state index in [0.29, 0.717) is 27.8 Å². The number of benzene rings is 2. The number of aryl methyl sites for hydroxylation is 2. The Kier molecular flexibility index (Phi) is 9.17. The Hall–Kier alpha value is -2.29. The molecule has 0 radical (unpaired) electrons. The summed E-state index contributed by atoms with van der Waals surface area (Å²) in [6.07, 6.45) is 1.04. The van der Waals surface area contributed by atoms with E-state index in [4.69, 9.17) is 23.2 Å². The Morgan fingerprint density at radius 1 is 1.06 bits per heavy atom. The summed E-state index contributed by atoms with van der Waals surface area (Å²) in [5, 5.41) is 3.38. The van der Waals surface area contributed by atoms with Crippen molar-refractivity contribution >= 4 is 50.7 Å². The van der Waals surface area contributed by atoms with Gasteiger partial charge in [-0.3, -0.25) is 13.9 Å². The Morgan fingerprint density at radius 2 is 1.67 bits per heavy atom. The monoisotopic (exact) mass is 513 g/mol. The molecule has 33 heavy (non-hydrogen) atoms. The predicted octanol–water partition coefficient (Wildman–Crippen LogP) is 3.93. The van der Waals surface area contributed by atoms with E-state index in [1.807, 2.05) is 13.8 Å². The van der Waals surface area contributed by atoms with Crippen molar-refractivity contribution < 1.29 is 18.0 Å². The van der Waals surface area contributed by atoms with Crippen molar-refractivity contribution in [2.45, 2.75) is 40.3 Å². The first-order valence-electron chi connectivity index (χ1n) is 10.4. The van der Waals surface area contributed by atoms with E-state index in [9.17, 15) is 18.0 Å². The van der Waals surface area contributed by atoms with E-state index < -0.39 is 28.5 Å². The number of sulfonamides is 1. The van der Waals surface area contributed by atoms with E-state index in [1.54, 1.807) is 50.2 Å². The Labute approximate surface area is 205 Å². The molecule has 0 aliphatic heterocycles.